The minimum absolute atomic E-state index is 0.0280. The van der Waals surface area contributed by atoms with Crippen molar-refractivity contribution in [3.05, 3.63) is 83.4 Å². The van der Waals surface area contributed by atoms with E-state index in [1.54, 1.807) is 41.1 Å². The lowest BCUT2D eigenvalue weighted by Crippen LogP contribution is -2.51. The van der Waals surface area contributed by atoms with E-state index in [-0.39, 0.29) is 30.5 Å². The summed E-state index contributed by atoms with van der Waals surface area (Å²) in [5.74, 6) is -1.63. The molecule has 0 unspecified atom stereocenters. The van der Waals surface area contributed by atoms with Crippen molar-refractivity contribution in [2.24, 2.45) is 0 Å². The summed E-state index contributed by atoms with van der Waals surface area (Å²) in [6.45, 7) is 6.16. The van der Waals surface area contributed by atoms with Crippen LogP contribution in [0.1, 0.15) is 42.4 Å². The SMILES string of the molecule is CC(C)(C)OC[C@H](NC(=O)c1cccn1Cc1ccc(F)cc1)C(=O)NCCc1ccc(O)c(O)c1. The van der Waals surface area contributed by atoms with Gasteiger partial charge in [-0.15, -0.1) is 0 Å². The number of benzene rings is 2. The quantitative estimate of drug-likeness (QED) is 0.321. The monoisotopic (exact) mass is 497 g/mol. The van der Waals surface area contributed by atoms with Gasteiger partial charge >= 0.3 is 0 Å². The Morgan fingerprint density at radius 3 is 2.39 bits per heavy atom. The van der Waals surface area contributed by atoms with Crippen molar-refractivity contribution < 1.29 is 28.9 Å². The second-order valence-electron chi connectivity index (χ2n) is 9.46. The highest BCUT2D eigenvalue weighted by molar-refractivity contribution is 5.96. The molecule has 0 saturated carbocycles. The van der Waals surface area contributed by atoms with Crippen LogP contribution < -0.4 is 10.6 Å². The maximum atomic E-state index is 13.2. The molecule has 0 aliphatic rings. The molecular formula is C27H32FN3O5. The van der Waals surface area contributed by atoms with Crippen molar-refractivity contribution >= 4 is 11.8 Å². The molecule has 9 heteroatoms. The number of hydrogen-bond acceptors (Lipinski definition) is 5. The minimum Gasteiger partial charge on any atom is -0.504 e. The number of phenols is 2. The topological polar surface area (TPSA) is 113 Å². The summed E-state index contributed by atoms with van der Waals surface area (Å²) in [5.41, 5.74) is 1.39. The molecule has 192 valence electrons. The molecule has 0 fully saturated rings. The first-order valence-electron chi connectivity index (χ1n) is 11.6. The average molecular weight is 498 g/mol. The Morgan fingerprint density at radius 2 is 1.72 bits per heavy atom. The second-order valence-corrected chi connectivity index (χ2v) is 9.46. The summed E-state index contributed by atoms with van der Waals surface area (Å²) in [7, 11) is 0. The maximum Gasteiger partial charge on any atom is 0.268 e. The number of aromatic hydroxyl groups is 2. The van der Waals surface area contributed by atoms with Gasteiger partial charge in [0.25, 0.3) is 5.91 Å². The van der Waals surface area contributed by atoms with Gasteiger partial charge in [-0.3, -0.25) is 9.59 Å². The first-order valence-corrected chi connectivity index (χ1v) is 11.6. The van der Waals surface area contributed by atoms with Crippen LogP contribution in [0.2, 0.25) is 0 Å². The lowest BCUT2D eigenvalue weighted by Gasteiger charge is -2.25. The summed E-state index contributed by atoms with van der Waals surface area (Å²) in [6.07, 6.45) is 2.16. The molecule has 36 heavy (non-hydrogen) atoms. The first-order chi connectivity index (χ1) is 17.0. The highest BCUT2D eigenvalue weighted by Gasteiger charge is 2.25. The fourth-order valence-electron chi connectivity index (χ4n) is 3.47. The lowest BCUT2D eigenvalue weighted by atomic mass is 10.1. The molecule has 0 spiro atoms. The van der Waals surface area contributed by atoms with E-state index in [2.05, 4.69) is 10.6 Å². The molecule has 1 aromatic heterocycles. The van der Waals surface area contributed by atoms with Crippen LogP contribution in [0.15, 0.2) is 60.8 Å². The molecule has 1 heterocycles. The highest BCUT2D eigenvalue weighted by atomic mass is 19.1. The van der Waals surface area contributed by atoms with Gasteiger partial charge in [0, 0.05) is 19.3 Å². The zero-order chi connectivity index (χ0) is 26.3. The number of hydrogen-bond donors (Lipinski definition) is 4. The molecule has 3 aromatic rings. The van der Waals surface area contributed by atoms with E-state index in [0.29, 0.717) is 18.7 Å². The largest absolute Gasteiger partial charge is 0.504 e. The van der Waals surface area contributed by atoms with Crippen LogP contribution in [0, 0.1) is 5.82 Å². The third kappa shape index (κ3) is 7.84. The number of aromatic nitrogens is 1. The minimum atomic E-state index is -0.945. The van der Waals surface area contributed by atoms with Gasteiger partial charge < -0.3 is 30.2 Å². The first kappa shape index (κ1) is 26.7. The summed E-state index contributed by atoms with van der Waals surface area (Å²) in [4.78, 5) is 26.0. The molecule has 4 N–H and O–H groups in total. The van der Waals surface area contributed by atoms with Crippen LogP contribution >= 0.6 is 0 Å². The van der Waals surface area contributed by atoms with E-state index in [4.69, 9.17) is 4.74 Å². The number of carbonyl (C=O) groups is 2. The molecule has 8 nitrogen and oxygen atoms in total. The number of carbonyl (C=O) groups excluding carboxylic acids is 2. The van der Waals surface area contributed by atoms with Gasteiger partial charge in [0.05, 0.1) is 12.2 Å². The van der Waals surface area contributed by atoms with Gasteiger partial charge in [0.1, 0.15) is 17.6 Å². The van der Waals surface area contributed by atoms with E-state index in [0.717, 1.165) is 11.1 Å². The Balaban J connectivity index is 1.65. The predicted octanol–water partition coefficient (Wildman–Crippen LogP) is 3.36. The molecule has 1 atom stereocenters. The lowest BCUT2D eigenvalue weighted by molar-refractivity contribution is -0.126. The van der Waals surface area contributed by atoms with Crippen molar-refractivity contribution in [2.75, 3.05) is 13.2 Å². The van der Waals surface area contributed by atoms with Crippen LogP contribution in [0.5, 0.6) is 11.5 Å². The Kier molecular flexibility index (Phi) is 8.71. The Hall–Kier alpha value is -3.85. The Labute approximate surface area is 209 Å². The fraction of sp³-hybridized carbons (Fsp3) is 0.333. The molecule has 0 aliphatic heterocycles. The normalized spacial score (nSPS) is 12.2. The number of ether oxygens (including phenoxy) is 1. The zero-order valence-corrected chi connectivity index (χ0v) is 20.6. The van der Waals surface area contributed by atoms with Crippen molar-refractivity contribution in [3.8, 4) is 11.5 Å². The van der Waals surface area contributed by atoms with E-state index < -0.39 is 23.5 Å². The number of phenolic OH excluding ortho intramolecular Hbond substituents is 2. The molecule has 0 bridgehead atoms. The Morgan fingerprint density at radius 1 is 1.03 bits per heavy atom. The predicted molar refractivity (Wildman–Crippen MR) is 133 cm³/mol. The Bertz CT molecular complexity index is 1180. The van der Waals surface area contributed by atoms with E-state index in [1.165, 1.54) is 24.3 Å². The molecule has 3 rings (SSSR count). The summed E-state index contributed by atoms with van der Waals surface area (Å²) in [6, 6.07) is 12.9. The average Bonchev–Trinajstić information content (AvgIpc) is 3.28. The van der Waals surface area contributed by atoms with Gasteiger partial charge in [-0.2, -0.15) is 0 Å². The van der Waals surface area contributed by atoms with Gasteiger partial charge in [-0.1, -0.05) is 18.2 Å². The van der Waals surface area contributed by atoms with Crippen LogP contribution in [-0.2, 0) is 22.5 Å². The second kappa shape index (κ2) is 11.7. The maximum absolute atomic E-state index is 13.2. The molecule has 0 saturated heterocycles. The standard InChI is InChI=1S/C27H32FN3O5/c1-27(2,3)36-17-21(25(34)29-13-12-18-8-11-23(32)24(33)15-18)30-26(35)22-5-4-14-31(22)16-19-6-9-20(28)10-7-19/h4-11,14-15,21,32-33H,12-13,16-17H2,1-3H3,(H,29,34)(H,30,35)/t21-/m0/s1. The van der Waals surface area contributed by atoms with Gasteiger partial charge in [0.2, 0.25) is 5.91 Å². The summed E-state index contributed by atoms with van der Waals surface area (Å²) < 4.78 is 20.7. The molecule has 0 aliphatic carbocycles. The molecule has 2 amide bonds. The van der Waals surface area contributed by atoms with E-state index >= 15 is 0 Å². The van der Waals surface area contributed by atoms with Gasteiger partial charge in [-0.25, -0.2) is 4.39 Å². The number of halogens is 1. The van der Waals surface area contributed by atoms with Crippen LogP contribution in [0.25, 0.3) is 0 Å². The smallest absolute Gasteiger partial charge is 0.268 e. The number of nitrogens with one attached hydrogen (secondary N) is 2. The van der Waals surface area contributed by atoms with Crippen molar-refractivity contribution in [2.45, 2.75) is 45.4 Å². The molecular weight excluding hydrogens is 465 g/mol. The van der Waals surface area contributed by atoms with Gasteiger partial charge in [-0.05, 0) is 74.7 Å². The number of nitrogens with zero attached hydrogens (tertiary/aromatic N) is 1. The van der Waals surface area contributed by atoms with Crippen LogP contribution in [0.3, 0.4) is 0 Å². The van der Waals surface area contributed by atoms with Crippen molar-refractivity contribution in [1.82, 2.24) is 15.2 Å². The van der Waals surface area contributed by atoms with Crippen LogP contribution in [0.4, 0.5) is 4.39 Å². The van der Waals surface area contributed by atoms with Crippen molar-refractivity contribution in [1.29, 1.82) is 0 Å². The number of amides is 2. The van der Waals surface area contributed by atoms with Gasteiger partial charge in [0.15, 0.2) is 11.5 Å². The van der Waals surface area contributed by atoms with Crippen molar-refractivity contribution in [3.63, 3.8) is 0 Å². The van der Waals surface area contributed by atoms with E-state index in [9.17, 15) is 24.2 Å². The third-order valence-corrected chi connectivity index (χ3v) is 5.39. The summed E-state index contributed by atoms with van der Waals surface area (Å²) in [5, 5.41) is 24.6. The summed E-state index contributed by atoms with van der Waals surface area (Å²) >= 11 is 0. The molecule has 2 aromatic carbocycles. The zero-order valence-electron chi connectivity index (χ0n) is 20.6. The number of rotatable bonds is 10. The fourth-order valence-corrected chi connectivity index (χ4v) is 3.47. The molecule has 0 radical (unpaired) electrons. The third-order valence-electron chi connectivity index (χ3n) is 5.39. The van der Waals surface area contributed by atoms with E-state index in [1.807, 2.05) is 20.8 Å². The highest BCUT2D eigenvalue weighted by Crippen LogP contribution is 2.24. The van der Waals surface area contributed by atoms with Crippen LogP contribution in [-0.4, -0.2) is 51.4 Å².